The molecule has 2 aromatic carbocycles. The van der Waals surface area contributed by atoms with Gasteiger partial charge in [-0.3, -0.25) is 0 Å². The number of rotatable bonds is 4. The molecule has 0 atom stereocenters. The largest absolute Gasteiger partial charge is 0.497 e. The van der Waals surface area contributed by atoms with Gasteiger partial charge in [-0.2, -0.15) is 13.2 Å². The molecule has 0 aliphatic heterocycles. The quantitative estimate of drug-likeness (QED) is 0.653. The monoisotopic (exact) mass is 336 g/mol. The fourth-order valence-electron chi connectivity index (χ4n) is 2.29. The number of alkyl halides is 3. The summed E-state index contributed by atoms with van der Waals surface area (Å²) in [5.74, 6) is -0.652. The number of benzene rings is 2. The number of hydrogen-bond donors (Lipinski definition) is 1. The van der Waals surface area contributed by atoms with Crippen molar-refractivity contribution in [1.29, 1.82) is 0 Å². The number of carboxylic acids is 1. The van der Waals surface area contributed by atoms with Gasteiger partial charge in [-0.25, -0.2) is 4.79 Å². The molecule has 0 spiro atoms. The third-order valence-electron chi connectivity index (χ3n) is 3.48. The van der Waals surface area contributed by atoms with E-state index in [-0.39, 0.29) is 11.1 Å². The van der Waals surface area contributed by atoms with Gasteiger partial charge < -0.3 is 9.84 Å². The van der Waals surface area contributed by atoms with Crippen LogP contribution >= 0.6 is 0 Å². The Morgan fingerprint density at radius 2 is 1.88 bits per heavy atom. The molecule has 0 aliphatic carbocycles. The lowest BCUT2D eigenvalue weighted by Crippen LogP contribution is -2.05. The Balaban J connectivity index is 2.52. The van der Waals surface area contributed by atoms with E-state index in [9.17, 15) is 23.1 Å². The van der Waals surface area contributed by atoms with Crippen LogP contribution in [0.5, 0.6) is 5.75 Å². The van der Waals surface area contributed by atoms with Crippen molar-refractivity contribution < 1.29 is 27.8 Å². The number of hydrogen-bond acceptors (Lipinski definition) is 2. The summed E-state index contributed by atoms with van der Waals surface area (Å²) in [6.07, 6.45) is -3.25. The zero-order valence-corrected chi connectivity index (χ0v) is 13.0. The minimum Gasteiger partial charge on any atom is -0.497 e. The summed E-state index contributed by atoms with van der Waals surface area (Å²) in [4.78, 5) is 11.6. The Labute approximate surface area is 137 Å². The Hall–Kier alpha value is -2.76. The van der Waals surface area contributed by atoms with Crippen LogP contribution in [0.4, 0.5) is 13.2 Å². The maximum atomic E-state index is 12.8. The van der Waals surface area contributed by atoms with Crippen molar-refractivity contribution in [3.05, 3.63) is 64.7 Å². The number of aliphatic carboxylic acids is 1. The van der Waals surface area contributed by atoms with Crippen molar-refractivity contribution in [3.63, 3.8) is 0 Å². The standard InChI is InChI=1S/C18H15F3O3/c1-11-8-14(24-2)6-7-15(11)16(17(22)23)10-12-4-3-5-13(9-12)18(19,20)21/h3-10H,1-2H3,(H,22,23)/b16-10-. The number of carboxylic acid groups (broad SMARTS) is 1. The van der Waals surface area contributed by atoms with E-state index in [4.69, 9.17) is 4.74 Å². The SMILES string of the molecule is COc1ccc(/C(=C/c2cccc(C(F)(F)F)c2)C(=O)O)c(C)c1. The topological polar surface area (TPSA) is 46.5 Å². The summed E-state index contributed by atoms with van der Waals surface area (Å²) < 4.78 is 43.4. The Morgan fingerprint density at radius 1 is 1.17 bits per heavy atom. The van der Waals surface area contributed by atoms with Crippen LogP contribution in [0, 0.1) is 6.92 Å². The predicted molar refractivity (Wildman–Crippen MR) is 84.7 cm³/mol. The van der Waals surface area contributed by atoms with Gasteiger partial charge in [0.25, 0.3) is 0 Å². The summed E-state index contributed by atoms with van der Waals surface area (Å²) in [5.41, 5.74) is 0.315. The molecule has 24 heavy (non-hydrogen) atoms. The lowest BCUT2D eigenvalue weighted by Gasteiger charge is -2.10. The number of methoxy groups -OCH3 is 1. The molecule has 0 unspecified atom stereocenters. The number of ether oxygens (including phenoxy) is 1. The highest BCUT2D eigenvalue weighted by Crippen LogP contribution is 2.31. The lowest BCUT2D eigenvalue weighted by molar-refractivity contribution is -0.137. The molecule has 0 saturated carbocycles. The van der Waals surface area contributed by atoms with Crippen LogP contribution < -0.4 is 4.74 Å². The molecule has 2 aromatic rings. The summed E-state index contributed by atoms with van der Waals surface area (Å²) >= 11 is 0. The summed E-state index contributed by atoms with van der Waals surface area (Å²) in [6, 6.07) is 9.37. The number of aryl methyl sites for hydroxylation is 1. The van der Waals surface area contributed by atoms with Crippen LogP contribution in [0.15, 0.2) is 42.5 Å². The third-order valence-corrected chi connectivity index (χ3v) is 3.48. The van der Waals surface area contributed by atoms with Crippen LogP contribution in [0.2, 0.25) is 0 Å². The first-order valence-electron chi connectivity index (χ1n) is 6.99. The maximum Gasteiger partial charge on any atom is 0.416 e. The van der Waals surface area contributed by atoms with E-state index in [0.717, 1.165) is 12.1 Å². The van der Waals surface area contributed by atoms with Gasteiger partial charge >= 0.3 is 12.1 Å². The lowest BCUT2D eigenvalue weighted by atomic mass is 9.97. The van der Waals surface area contributed by atoms with Crippen molar-refractivity contribution in [3.8, 4) is 5.75 Å². The van der Waals surface area contributed by atoms with Crippen molar-refractivity contribution in [1.82, 2.24) is 0 Å². The first-order chi connectivity index (χ1) is 11.2. The Kier molecular flexibility index (Phi) is 4.97. The van der Waals surface area contributed by atoms with E-state index >= 15 is 0 Å². The van der Waals surface area contributed by atoms with Gasteiger partial charge in [0.15, 0.2) is 0 Å². The fraction of sp³-hybridized carbons (Fsp3) is 0.167. The van der Waals surface area contributed by atoms with Gasteiger partial charge in [0.05, 0.1) is 18.2 Å². The van der Waals surface area contributed by atoms with Crippen LogP contribution in [0.25, 0.3) is 11.6 Å². The maximum absolute atomic E-state index is 12.8. The molecule has 2 rings (SSSR count). The first-order valence-corrected chi connectivity index (χ1v) is 6.99. The molecular formula is C18H15F3O3. The smallest absolute Gasteiger partial charge is 0.416 e. The second kappa shape index (κ2) is 6.78. The van der Waals surface area contributed by atoms with E-state index < -0.39 is 17.7 Å². The average molecular weight is 336 g/mol. The first kappa shape index (κ1) is 17.6. The molecule has 0 radical (unpaired) electrons. The fourth-order valence-corrected chi connectivity index (χ4v) is 2.29. The highest BCUT2D eigenvalue weighted by molar-refractivity contribution is 6.21. The number of halogens is 3. The van der Waals surface area contributed by atoms with Gasteiger partial charge in [-0.05, 0) is 54.0 Å². The molecule has 0 bridgehead atoms. The third kappa shape index (κ3) is 3.95. The Bertz CT molecular complexity index is 792. The van der Waals surface area contributed by atoms with E-state index in [0.29, 0.717) is 16.9 Å². The minimum atomic E-state index is -4.48. The molecule has 0 amide bonds. The molecule has 0 saturated heterocycles. The highest BCUT2D eigenvalue weighted by atomic mass is 19.4. The zero-order chi connectivity index (χ0) is 17.9. The molecule has 1 N–H and O–H groups in total. The molecule has 3 nitrogen and oxygen atoms in total. The second-order valence-corrected chi connectivity index (χ2v) is 5.17. The number of carbonyl (C=O) groups is 1. The van der Waals surface area contributed by atoms with Crippen molar-refractivity contribution >= 4 is 17.6 Å². The molecule has 6 heteroatoms. The van der Waals surface area contributed by atoms with Crippen molar-refractivity contribution in [2.24, 2.45) is 0 Å². The molecular weight excluding hydrogens is 321 g/mol. The molecule has 126 valence electrons. The minimum absolute atomic E-state index is 0.0884. The highest BCUT2D eigenvalue weighted by Gasteiger charge is 2.30. The van der Waals surface area contributed by atoms with Crippen LogP contribution in [-0.2, 0) is 11.0 Å². The normalized spacial score (nSPS) is 12.1. The van der Waals surface area contributed by atoms with Crippen LogP contribution in [-0.4, -0.2) is 18.2 Å². The Morgan fingerprint density at radius 3 is 2.42 bits per heavy atom. The van der Waals surface area contributed by atoms with Gasteiger partial charge in [-0.1, -0.05) is 18.2 Å². The van der Waals surface area contributed by atoms with Crippen LogP contribution in [0.3, 0.4) is 0 Å². The molecule has 0 aliphatic rings. The van der Waals surface area contributed by atoms with Gasteiger partial charge in [0.1, 0.15) is 5.75 Å². The van der Waals surface area contributed by atoms with Crippen molar-refractivity contribution in [2.75, 3.05) is 7.11 Å². The van der Waals surface area contributed by atoms with Crippen molar-refractivity contribution in [2.45, 2.75) is 13.1 Å². The van der Waals surface area contributed by atoms with E-state index in [1.807, 2.05) is 0 Å². The molecule has 0 heterocycles. The molecule has 0 aromatic heterocycles. The van der Waals surface area contributed by atoms with E-state index in [1.54, 1.807) is 25.1 Å². The molecule has 0 fully saturated rings. The van der Waals surface area contributed by atoms with Gasteiger partial charge in [0.2, 0.25) is 0 Å². The van der Waals surface area contributed by atoms with E-state index in [2.05, 4.69) is 0 Å². The van der Waals surface area contributed by atoms with Gasteiger partial charge in [-0.15, -0.1) is 0 Å². The summed E-state index contributed by atoms with van der Waals surface area (Å²) in [6.45, 7) is 1.71. The predicted octanol–water partition coefficient (Wildman–Crippen LogP) is 4.65. The van der Waals surface area contributed by atoms with Crippen LogP contribution in [0.1, 0.15) is 22.3 Å². The second-order valence-electron chi connectivity index (χ2n) is 5.17. The summed E-state index contributed by atoms with van der Waals surface area (Å²) in [7, 11) is 1.49. The van der Waals surface area contributed by atoms with E-state index in [1.165, 1.54) is 25.3 Å². The zero-order valence-electron chi connectivity index (χ0n) is 13.0. The summed E-state index contributed by atoms with van der Waals surface area (Å²) in [5, 5.41) is 9.45. The average Bonchev–Trinajstić information content (AvgIpc) is 2.52. The van der Waals surface area contributed by atoms with Gasteiger partial charge in [0, 0.05) is 0 Å².